The maximum absolute atomic E-state index is 12.1. The van der Waals surface area contributed by atoms with E-state index in [0.717, 1.165) is 11.4 Å². The molecule has 0 saturated heterocycles. The molecular formula is C15H18N2O2. The summed E-state index contributed by atoms with van der Waals surface area (Å²) in [6.07, 6.45) is 1.60. The molecule has 0 aliphatic rings. The summed E-state index contributed by atoms with van der Waals surface area (Å²) in [7, 11) is 3.93. The zero-order valence-electron chi connectivity index (χ0n) is 11.4. The van der Waals surface area contributed by atoms with Gasteiger partial charge in [-0.2, -0.15) is 0 Å². The monoisotopic (exact) mass is 258 g/mol. The molecule has 0 aliphatic carbocycles. The summed E-state index contributed by atoms with van der Waals surface area (Å²) < 4.78 is 5.26. The normalized spacial score (nSPS) is 11.9. The quantitative estimate of drug-likeness (QED) is 0.917. The van der Waals surface area contributed by atoms with Crippen LogP contribution in [0.3, 0.4) is 0 Å². The lowest BCUT2D eigenvalue weighted by Gasteiger charge is -2.14. The highest BCUT2D eigenvalue weighted by Crippen LogP contribution is 2.15. The zero-order valence-corrected chi connectivity index (χ0v) is 11.4. The highest BCUT2D eigenvalue weighted by atomic mass is 16.3. The fourth-order valence-electron chi connectivity index (χ4n) is 1.80. The molecule has 1 aromatic heterocycles. The van der Waals surface area contributed by atoms with Gasteiger partial charge in [0.15, 0.2) is 0 Å². The van der Waals surface area contributed by atoms with E-state index in [2.05, 4.69) is 5.32 Å². The first-order valence-electron chi connectivity index (χ1n) is 6.19. The van der Waals surface area contributed by atoms with E-state index < -0.39 is 0 Å². The van der Waals surface area contributed by atoms with Crippen LogP contribution in [0.5, 0.6) is 0 Å². The molecule has 0 aliphatic heterocycles. The Balaban J connectivity index is 2.03. The number of hydrogen-bond donors (Lipinski definition) is 1. The first-order valence-corrected chi connectivity index (χ1v) is 6.19. The summed E-state index contributed by atoms with van der Waals surface area (Å²) >= 11 is 0. The Morgan fingerprint density at radius 2 is 1.89 bits per heavy atom. The van der Waals surface area contributed by atoms with Crippen molar-refractivity contribution in [1.82, 2.24) is 5.32 Å². The number of furan rings is 1. The van der Waals surface area contributed by atoms with Crippen molar-refractivity contribution in [2.75, 3.05) is 19.0 Å². The maximum Gasteiger partial charge on any atom is 0.251 e. The summed E-state index contributed by atoms with van der Waals surface area (Å²) in [5, 5.41) is 2.90. The van der Waals surface area contributed by atoms with Gasteiger partial charge in [0.2, 0.25) is 0 Å². The molecular weight excluding hydrogens is 240 g/mol. The molecule has 1 unspecified atom stereocenters. The average Bonchev–Trinajstić information content (AvgIpc) is 2.92. The van der Waals surface area contributed by atoms with Crippen molar-refractivity contribution in [3.8, 4) is 0 Å². The van der Waals surface area contributed by atoms with Gasteiger partial charge < -0.3 is 14.6 Å². The van der Waals surface area contributed by atoms with Gasteiger partial charge in [-0.3, -0.25) is 4.79 Å². The van der Waals surface area contributed by atoms with Crippen LogP contribution in [0, 0.1) is 0 Å². The van der Waals surface area contributed by atoms with Crippen LogP contribution in [-0.4, -0.2) is 20.0 Å². The molecule has 1 N–H and O–H groups in total. The molecule has 1 atom stereocenters. The van der Waals surface area contributed by atoms with E-state index in [1.807, 2.05) is 62.3 Å². The molecule has 0 spiro atoms. The van der Waals surface area contributed by atoms with Gasteiger partial charge >= 0.3 is 0 Å². The van der Waals surface area contributed by atoms with Crippen molar-refractivity contribution in [3.63, 3.8) is 0 Å². The second-order valence-electron chi connectivity index (χ2n) is 4.65. The fourth-order valence-corrected chi connectivity index (χ4v) is 1.80. The minimum atomic E-state index is -0.143. The van der Waals surface area contributed by atoms with E-state index in [1.54, 1.807) is 6.26 Å². The molecule has 4 heteroatoms. The second kappa shape index (κ2) is 5.61. The summed E-state index contributed by atoms with van der Waals surface area (Å²) in [6, 6.07) is 11.0. The van der Waals surface area contributed by atoms with Gasteiger partial charge in [0.25, 0.3) is 5.91 Å². The van der Waals surface area contributed by atoms with E-state index in [9.17, 15) is 4.79 Å². The standard InChI is InChI=1S/C15H18N2O2/c1-11(14-5-4-10-19-14)16-15(18)12-6-8-13(9-7-12)17(2)3/h4-11H,1-3H3,(H,16,18). The molecule has 4 nitrogen and oxygen atoms in total. The van der Waals surface area contributed by atoms with Crippen molar-refractivity contribution < 1.29 is 9.21 Å². The van der Waals surface area contributed by atoms with Crippen molar-refractivity contribution in [2.45, 2.75) is 13.0 Å². The van der Waals surface area contributed by atoms with E-state index in [0.29, 0.717) is 5.56 Å². The van der Waals surface area contributed by atoms with Gasteiger partial charge in [0.05, 0.1) is 12.3 Å². The van der Waals surface area contributed by atoms with Crippen LogP contribution in [0.1, 0.15) is 29.1 Å². The van der Waals surface area contributed by atoms with Crippen LogP contribution in [0.2, 0.25) is 0 Å². The number of carbonyl (C=O) groups is 1. The molecule has 0 bridgehead atoms. The molecule has 100 valence electrons. The summed E-state index contributed by atoms with van der Waals surface area (Å²) in [4.78, 5) is 14.1. The molecule has 0 fully saturated rings. The van der Waals surface area contributed by atoms with Gasteiger partial charge in [-0.1, -0.05) is 0 Å². The van der Waals surface area contributed by atoms with E-state index in [4.69, 9.17) is 4.42 Å². The first-order chi connectivity index (χ1) is 9.08. The largest absolute Gasteiger partial charge is 0.467 e. The number of nitrogens with one attached hydrogen (secondary N) is 1. The Labute approximate surface area is 113 Å². The Hall–Kier alpha value is -2.23. The minimum absolute atomic E-state index is 0.103. The predicted octanol–water partition coefficient (Wildman–Crippen LogP) is 2.84. The third-order valence-electron chi connectivity index (χ3n) is 2.96. The number of nitrogens with zero attached hydrogens (tertiary/aromatic N) is 1. The number of carbonyl (C=O) groups excluding carboxylic acids is 1. The third-order valence-corrected chi connectivity index (χ3v) is 2.96. The summed E-state index contributed by atoms with van der Waals surface area (Å²) in [5.41, 5.74) is 1.71. The van der Waals surface area contributed by atoms with E-state index in [-0.39, 0.29) is 11.9 Å². The molecule has 2 rings (SSSR count). The molecule has 0 radical (unpaired) electrons. The molecule has 1 heterocycles. The Morgan fingerprint density at radius 1 is 1.21 bits per heavy atom. The lowest BCUT2D eigenvalue weighted by Crippen LogP contribution is -2.26. The molecule has 0 saturated carbocycles. The van der Waals surface area contributed by atoms with Crippen LogP contribution in [0.15, 0.2) is 47.1 Å². The number of benzene rings is 1. The van der Waals surface area contributed by atoms with Crippen molar-refractivity contribution in [3.05, 3.63) is 54.0 Å². The summed E-state index contributed by atoms with van der Waals surface area (Å²) in [5.74, 6) is 0.646. The van der Waals surface area contributed by atoms with Gasteiger partial charge in [-0.25, -0.2) is 0 Å². The predicted molar refractivity (Wildman–Crippen MR) is 75.4 cm³/mol. The second-order valence-corrected chi connectivity index (χ2v) is 4.65. The number of amides is 1. The van der Waals surface area contributed by atoms with Gasteiger partial charge in [0, 0.05) is 25.3 Å². The van der Waals surface area contributed by atoms with Crippen LogP contribution in [0.4, 0.5) is 5.69 Å². The fraction of sp³-hybridized carbons (Fsp3) is 0.267. The van der Waals surface area contributed by atoms with Gasteiger partial charge in [0.1, 0.15) is 5.76 Å². The van der Waals surface area contributed by atoms with Crippen LogP contribution in [0.25, 0.3) is 0 Å². The maximum atomic E-state index is 12.1. The number of rotatable bonds is 4. The highest BCUT2D eigenvalue weighted by Gasteiger charge is 2.13. The minimum Gasteiger partial charge on any atom is -0.467 e. The molecule has 1 aromatic carbocycles. The van der Waals surface area contributed by atoms with Crippen molar-refractivity contribution in [2.24, 2.45) is 0 Å². The Kier molecular flexibility index (Phi) is 3.90. The lowest BCUT2D eigenvalue weighted by atomic mass is 10.1. The van der Waals surface area contributed by atoms with Crippen LogP contribution in [-0.2, 0) is 0 Å². The summed E-state index contributed by atoms with van der Waals surface area (Å²) in [6.45, 7) is 1.89. The topological polar surface area (TPSA) is 45.5 Å². The SMILES string of the molecule is CC(NC(=O)c1ccc(N(C)C)cc1)c1ccco1. The van der Waals surface area contributed by atoms with Crippen molar-refractivity contribution in [1.29, 1.82) is 0 Å². The van der Waals surface area contributed by atoms with Crippen LogP contribution < -0.4 is 10.2 Å². The number of anilines is 1. The lowest BCUT2D eigenvalue weighted by molar-refractivity contribution is 0.0935. The van der Waals surface area contributed by atoms with Gasteiger partial charge in [-0.15, -0.1) is 0 Å². The zero-order chi connectivity index (χ0) is 13.8. The Bertz CT molecular complexity index is 530. The Morgan fingerprint density at radius 3 is 2.42 bits per heavy atom. The van der Waals surface area contributed by atoms with Crippen molar-refractivity contribution >= 4 is 11.6 Å². The van der Waals surface area contributed by atoms with E-state index >= 15 is 0 Å². The van der Waals surface area contributed by atoms with E-state index in [1.165, 1.54) is 0 Å². The van der Waals surface area contributed by atoms with Gasteiger partial charge in [-0.05, 0) is 43.3 Å². The smallest absolute Gasteiger partial charge is 0.251 e. The molecule has 2 aromatic rings. The van der Waals surface area contributed by atoms with Crippen LogP contribution >= 0.6 is 0 Å². The average molecular weight is 258 g/mol. The molecule has 19 heavy (non-hydrogen) atoms. The first kappa shape index (κ1) is 13.2. The number of hydrogen-bond acceptors (Lipinski definition) is 3. The molecule has 1 amide bonds. The highest BCUT2D eigenvalue weighted by molar-refractivity contribution is 5.94. The third kappa shape index (κ3) is 3.16.